The maximum Gasteiger partial charge on any atom is 0.243 e. The van der Waals surface area contributed by atoms with Crippen LogP contribution in [-0.2, 0) is 19.9 Å². The maximum absolute atomic E-state index is 13.0. The second-order valence-electron chi connectivity index (χ2n) is 7.68. The molecule has 0 atom stereocenters. The molecule has 2 aromatic carbocycles. The summed E-state index contributed by atoms with van der Waals surface area (Å²) < 4.78 is 76.2. The number of nitrogens with zero attached hydrogens (tertiary/aromatic N) is 2. The summed E-state index contributed by atoms with van der Waals surface area (Å²) in [4.78, 5) is 2.32. The number of fused-ring (bicyclic) bond motifs is 1. The molecule has 0 saturated carbocycles. The summed E-state index contributed by atoms with van der Waals surface area (Å²) in [5.74, 6) is 0.441. The molecule has 174 valence electrons. The minimum Gasteiger partial charge on any atom is -0.486 e. The van der Waals surface area contributed by atoms with E-state index in [4.69, 9.17) is 9.47 Å². The fraction of sp³-hybridized carbons (Fsp3) is 0.429. The van der Waals surface area contributed by atoms with Gasteiger partial charge >= 0.3 is 0 Å². The van der Waals surface area contributed by atoms with E-state index in [9.17, 15) is 21.2 Å². The van der Waals surface area contributed by atoms with Gasteiger partial charge < -0.3 is 14.4 Å². The Kier molecular flexibility index (Phi) is 6.70. The van der Waals surface area contributed by atoms with E-state index >= 15 is 0 Å². The number of ether oxygens (including phenoxy) is 2. The van der Waals surface area contributed by atoms with Gasteiger partial charge in [-0.05, 0) is 49.4 Å². The maximum atomic E-state index is 13.0. The second kappa shape index (κ2) is 9.34. The number of sulfonamides is 1. The van der Waals surface area contributed by atoms with Crippen LogP contribution < -0.4 is 9.47 Å². The van der Waals surface area contributed by atoms with Crippen molar-refractivity contribution in [2.24, 2.45) is 0 Å². The summed E-state index contributed by atoms with van der Waals surface area (Å²) >= 11 is 0. The van der Waals surface area contributed by atoms with Crippen molar-refractivity contribution >= 4 is 19.9 Å². The van der Waals surface area contributed by atoms with Crippen molar-refractivity contribution < 1.29 is 30.7 Å². The summed E-state index contributed by atoms with van der Waals surface area (Å²) in [7, 11) is -7.13. The minimum atomic E-state index is -3.66. The van der Waals surface area contributed by atoms with Gasteiger partial charge in [-0.15, -0.1) is 0 Å². The first-order valence-electron chi connectivity index (χ1n) is 10.4. The van der Waals surface area contributed by atoms with E-state index in [0.717, 1.165) is 12.1 Å². The molecule has 0 unspecified atom stereocenters. The van der Waals surface area contributed by atoms with E-state index in [1.807, 2.05) is 0 Å². The second-order valence-corrected chi connectivity index (χ2v) is 11.7. The molecule has 0 amide bonds. The summed E-state index contributed by atoms with van der Waals surface area (Å²) in [6, 6.07) is 9.44. The van der Waals surface area contributed by atoms with Gasteiger partial charge in [0.05, 0.1) is 15.5 Å². The molecule has 1 saturated heterocycles. The van der Waals surface area contributed by atoms with Crippen molar-refractivity contribution in [3.8, 4) is 11.5 Å². The van der Waals surface area contributed by atoms with Crippen LogP contribution in [0.1, 0.15) is 6.42 Å². The van der Waals surface area contributed by atoms with Crippen molar-refractivity contribution in [3.05, 3.63) is 48.3 Å². The largest absolute Gasteiger partial charge is 0.486 e. The lowest BCUT2D eigenvalue weighted by Gasteiger charge is -2.34. The molecular formula is C21H25FN2O6S2. The first-order valence-corrected chi connectivity index (χ1v) is 13.5. The quantitative estimate of drug-likeness (QED) is 0.553. The normalized spacial score (nSPS) is 17.9. The van der Waals surface area contributed by atoms with E-state index < -0.39 is 25.7 Å². The van der Waals surface area contributed by atoms with Crippen LogP contribution in [0.2, 0.25) is 0 Å². The Morgan fingerprint density at radius 3 is 2.12 bits per heavy atom. The van der Waals surface area contributed by atoms with Crippen LogP contribution in [0, 0.1) is 5.82 Å². The zero-order valence-corrected chi connectivity index (χ0v) is 19.1. The number of rotatable bonds is 7. The first kappa shape index (κ1) is 23.0. The third-order valence-electron chi connectivity index (χ3n) is 5.54. The van der Waals surface area contributed by atoms with Crippen molar-refractivity contribution in [1.29, 1.82) is 0 Å². The molecular weight excluding hydrogens is 459 g/mol. The van der Waals surface area contributed by atoms with E-state index in [1.165, 1.54) is 28.6 Å². The highest BCUT2D eigenvalue weighted by Gasteiger charge is 2.29. The van der Waals surface area contributed by atoms with Crippen molar-refractivity contribution in [1.82, 2.24) is 9.21 Å². The molecule has 0 bridgehead atoms. The highest BCUT2D eigenvalue weighted by Crippen LogP contribution is 2.33. The Bertz CT molecular complexity index is 1160. The van der Waals surface area contributed by atoms with Crippen LogP contribution in [0.25, 0.3) is 0 Å². The lowest BCUT2D eigenvalue weighted by molar-refractivity contribution is 0.171. The van der Waals surface area contributed by atoms with E-state index in [2.05, 4.69) is 4.90 Å². The Morgan fingerprint density at radius 1 is 0.812 bits per heavy atom. The summed E-state index contributed by atoms with van der Waals surface area (Å²) in [6.07, 6.45) is 0.411. The Hall–Kier alpha value is -2.21. The van der Waals surface area contributed by atoms with Gasteiger partial charge in [0.1, 0.15) is 19.0 Å². The number of piperazine rings is 1. The lowest BCUT2D eigenvalue weighted by Crippen LogP contribution is -2.48. The number of benzene rings is 2. The van der Waals surface area contributed by atoms with Crippen LogP contribution in [0.15, 0.2) is 52.3 Å². The molecule has 11 heteroatoms. The number of hydrogen-bond donors (Lipinski definition) is 0. The minimum absolute atomic E-state index is 0.0473. The topological polar surface area (TPSA) is 93.2 Å². The number of halogens is 1. The van der Waals surface area contributed by atoms with Gasteiger partial charge in [0, 0.05) is 32.2 Å². The fourth-order valence-corrected chi connectivity index (χ4v) is 6.50. The van der Waals surface area contributed by atoms with Gasteiger partial charge in [0.15, 0.2) is 21.3 Å². The highest BCUT2D eigenvalue weighted by molar-refractivity contribution is 7.91. The first-order chi connectivity index (χ1) is 15.3. The molecule has 0 radical (unpaired) electrons. The molecule has 2 aromatic rings. The van der Waals surface area contributed by atoms with Crippen LogP contribution in [-0.4, -0.2) is 77.7 Å². The molecule has 2 aliphatic heterocycles. The standard InChI is InChI=1S/C21H25FN2O6S2/c22-17-2-4-18(5-3-17)31(25,26)15-1-8-23-9-11-24(12-10-23)32(27,28)19-6-7-20-21(16-19)30-14-13-29-20/h2-7,16H,1,8-15H2. The average Bonchev–Trinajstić information content (AvgIpc) is 2.79. The smallest absolute Gasteiger partial charge is 0.243 e. The number of sulfone groups is 1. The average molecular weight is 485 g/mol. The van der Waals surface area contributed by atoms with Gasteiger partial charge in [-0.2, -0.15) is 4.31 Å². The van der Waals surface area contributed by atoms with Crippen LogP contribution >= 0.6 is 0 Å². The van der Waals surface area contributed by atoms with E-state index in [0.29, 0.717) is 63.9 Å². The SMILES string of the molecule is O=S(=O)(CCCN1CCN(S(=O)(=O)c2ccc3c(c2)OCCO3)CC1)c1ccc(F)cc1. The predicted octanol–water partition coefficient (Wildman–Crippen LogP) is 1.77. The fourth-order valence-electron chi connectivity index (χ4n) is 3.76. The monoisotopic (exact) mass is 484 g/mol. The van der Waals surface area contributed by atoms with Gasteiger partial charge in [-0.1, -0.05) is 0 Å². The third kappa shape index (κ3) is 5.06. The third-order valence-corrected chi connectivity index (χ3v) is 9.25. The van der Waals surface area contributed by atoms with Crippen molar-refractivity contribution in [3.63, 3.8) is 0 Å². The molecule has 1 fully saturated rings. The summed E-state index contributed by atoms with van der Waals surface area (Å²) in [5.41, 5.74) is 0. The van der Waals surface area contributed by atoms with Gasteiger partial charge in [0.25, 0.3) is 0 Å². The van der Waals surface area contributed by atoms with Crippen LogP contribution in [0.5, 0.6) is 11.5 Å². The van der Waals surface area contributed by atoms with E-state index in [1.54, 1.807) is 6.07 Å². The van der Waals surface area contributed by atoms with E-state index in [-0.39, 0.29) is 15.5 Å². The molecule has 4 rings (SSSR count). The molecule has 8 nitrogen and oxygen atoms in total. The molecule has 2 aliphatic rings. The summed E-state index contributed by atoms with van der Waals surface area (Å²) in [5, 5.41) is 0. The molecule has 0 N–H and O–H groups in total. The van der Waals surface area contributed by atoms with Crippen molar-refractivity contribution in [2.75, 3.05) is 51.7 Å². The summed E-state index contributed by atoms with van der Waals surface area (Å²) in [6.45, 7) is 3.03. The van der Waals surface area contributed by atoms with Gasteiger partial charge in [-0.25, -0.2) is 21.2 Å². The molecule has 32 heavy (non-hydrogen) atoms. The highest BCUT2D eigenvalue weighted by atomic mass is 32.2. The zero-order chi connectivity index (χ0) is 22.8. The predicted molar refractivity (Wildman–Crippen MR) is 116 cm³/mol. The molecule has 2 heterocycles. The van der Waals surface area contributed by atoms with Gasteiger partial charge in [-0.3, -0.25) is 0 Å². The lowest BCUT2D eigenvalue weighted by atomic mass is 10.3. The molecule has 0 spiro atoms. The molecule has 0 aliphatic carbocycles. The number of hydrogen-bond acceptors (Lipinski definition) is 7. The van der Waals surface area contributed by atoms with Crippen LogP contribution in [0.3, 0.4) is 0 Å². The van der Waals surface area contributed by atoms with Crippen molar-refractivity contribution in [2.45, 2.75) is 16.2 Å². The Morgan fingerprint density at radius 2 is 1.44 bits per heavy atom. The molecule has 0 aromatic heterocycles. The van der Waals surface area contributed by atoms with Crippen LogP contribution in [0.4, 0.5) is 4.39 Å². The Balaban J connectivity index is 1.30. The zero-order valence-electron chi connectivity index (χ0n) is 17.4. The Labute approximate surface area is 187 Å². The van der Waals surface area contributed by atoms with Gasteiger partial charge in [0.2, 0.25) is 10.0 Å².